The predicted octanol–water partition coefficient (Wildman–Crippen LogP) is 3.19. The number of carbonyl (C=O) groups is 1. The first-order valence-corrected chi connectivity index (χ1v) is 4.12. The fourth-order valence-electron chi connectivity index (χ4n) is 1.01. The van der Waals surface area contributed by atoms with E-state index in [1.165, 1.54) is 6.92 Å². The maximum Gasteiger partial charge on any atom is 0.263 e. The van der Waals surface area contributed by atoms with Crippen molar-refractivity contribution in [1.82, 2.24) is 0 Å². The van der Waals surface area contributed by atoms with Crippen LogP contribution in [0.25, 0.3) is 0 Å². The van der Waals surface area contributed by atoms with Gasteiger partial charge < -0.3 is 5.11 Å². The van der Waals surface area contributed by atoms with E-state index in [4.69, 9.17) is 11.6 Å². The van der Waals surface area contributed by atoms with E-state index >= 15 is 0 Å². The Morgan fingerprint density at radius 2 is 2.07 bits per heavy atom. The Balaban J connectivity index is 3.35. The average Bonchev–Trinajstić information content (AvgIpc) is 2.08. The number of hydrogen-bond donors (Lipinski definition) is 1. The first kappa shape index (κ1) is 10.9. The van der Waals surface area contributed by atoms with Crippen LogP contribution in [0.3, 0.4) is 0 Å². The smallest absolute Gasteiger partial charge is 0.263 e. The van der Waals surface area contributed by atoms with Gasteiger partial charge in [0.15, 0.2) is 5.78 Å². The molecule has 0 saturated carbocycles. The molecule has 1 N–H and O–H groups in total. The zero-order valence-corrected chi connectivity index (χ0v) is 7.98. The Labute approximate surface area is 84.1 Å². The lowest BCUT2D eigenvalue weighted by molar-refractivity contribution is 0.101. The highest BCUT2D eigenvalue weighted by atomic mass is 35.5. The summed E-state index contributed by atoms with van der Waals surface area (Å²) in [5.41, 5.74) is -0.564. The fraction of sp³-hybridized carbons (Fsp3) is 0.222. The summed E-state index contributed by atoms with van der Waals surface area (Å²) in [4.78, 5) is 10.9. The molecule has 0 amide bonds. The van der Waals surface area contributed by atoms with Crippen molar-refractivity contribution >= 4 is 17.4 Å². The molecule has 0 aromatic heterocycles. The lowest BCUT2D eigenvalue weighted by Gasteiger charge is -2.06. The molecule has 5 heteroatoms. The second-order valence-electron chi connectivity index (χ2n) is 2.76. The van der Waals surface area contributed by atoms with Gasteiger partial charge in [0, 0.05) is 5.56 Å². The molecule has 0 aliphatic heterocycles. The van der Waals surface area contributed by atoms with Gasteiger partial charge in [0.25, 0.3) is 6.43 Å². The Morgan fingerprint density at radius 1 is 1.50 bits per heavy atom. The summed E-state index contributed by atoms with van der Waals surface area (Å²) in [7, 11) is 0. The van der Waals surface area contributed by atoms with E-state index in [9.17, 15) is 18.7 Å². The number of benzene rings is 1. The van der Waals surface area contributed by atoms with Gasteiger partial charge in [-0.3, -0.25) is 4.79 Å². The highest BCUT2D eigenvalue weighted by Crippen LogP contribution is 2.32. The van der Waals surface area contributed by atoms with Gasteiger partial charge in [0.1, 0.15) is 5.75 Å². The SMILES string of the molecule is CC(=O)c1cc(C(F)F)cc(Cl)c1O. The van der Waals surface area contributed by atoms with Crippen molar-refractivity contribution < 1.29 is 18.7 Å². The van der Waals surface area contributed by atoms with Crippen LogP contribution >= 0.6 is 11.6 Å². The highest BCUT2D eigenvalue weighted by molar-refractivity contribution is 6.32. The molecule has 0 saturated heterocycles. The quantitative estimate of drug-likeness (QED) is 0.778. The van der Waals surface area contributed by atoms with Crippen molar-refractivity contribution in [3.8, 4) is 5.75 Å². The topological polar surface area (TPSA) is 37.3 Å². The minimum absolute atomic E-state index is 0.187. The second kappa shape index (κ2) is 3.92. The Bertz CT molecular complexity index is 377. The molecule has 14 heavy (non-hydrogen) atoms. The molecule has 0 radical (unpaired) electrons. The first-order valence-electron chi connectivity index (χ1n) is 3.75. The third kappa shape index (κ3) is 2.01. The summed E-state index contributed by atoms with van der Waals surface area (Å²) in [6, 6.07) is 1.88. The lowest BCUT2D eigenvalue weighted by Crippen LogP contribution is -1.96. The van der Waals surface area contributed by atoms with Crippen molar-refractivity contribution in [3.05, 3.63) is 28.3 Å². The standard InChI is InChI=1S/C9H7ClF2O2/c1-4(13)6-2-5(9(11)12)3-7(10)8(6)14/h2-3,9,14H,1H3. The van der Waals surface area contributed by atoms with Gasteiger partial charge in [-0.25, -0.2) is 8.78 Å². The van der Waals surface area contributed by atoms with Crippen molar-refractivity contribution in [2.24, 2.45) is 0 Å². The minimum atomic E-state index is -2.72. The van der Waals surface area contributed by atoms with Crippen LogP contribution < -0.4 is 0 Å². The molecular weight excluding hydrogens is 214 g/mol. The van der Waals surface area contributed by atoms with Crippen LogP contribution in [-0.2, 0) is 0 Å². The van der Waals surface area contributed by atoms with Crippen LogP contribution in [0, 0.1) is 0 Å². The van der Waals surface area contributed by atoms with Gasteiger partial charge in [-0.1, -0.05) is 11.6 Å². The van der Waals surface area contributed by atoms with Gasteiger partial charge >= 0.3 is 0 Å². The van der Waals surface area contributed by atoms with E-state index in [0.717, 1.165) is 12.1 Å². The normalized spacial score (nSPS) is 10.6. The molecular formula is C9H7ClF2O2. The molecule has 0 bridgehead atoms. The number of phenols is 1. The minimum Gasteiger partial charge on any atom is -0.506 e. The number of aromatic hydroxyl groups is 1. The van der Waals surface area contributed by atoms with E-state index in [1.807, 2.05) is 0 Å². The van der Waals surface area contributed by atoms with E-state index in [0.29, 0.717) is 0 Å². The molecule has 0 aliphatic carbocycles. The Hall–Kier alpha value is -1.16. The van der Waals surface area contributed by atoms with Gasteiger partial charge in [0.2, 0.25) is 0 Å². The highest BCUT2D eigenvalue weighted by Gasteiger charge is 2.16. The molecule has 0 atom stereocenters. The maximum absolute atomic E-state index is 12.3. The van der Waals surface area contributed by atoms with E-state index in [-0.39, 0.29) is 16.1 Å². The number of rotatable bonds is 2. The summed E-state index contributed by atoms with van der Waals surface area (Å²) in [5, 5.41) is 9.03. The van der Waals surface area contributed by atoms with Crippen LogP contribution in [0.1, 0.15) is 29.3 Å². The average molecular weight is 221 g/mol. The molecule has 0 heterocycles. The third-order valence-corrected chi connectivity index (χ3v) is 2.01. The number of ketones is 1. The Kier molecular flexibility index (Phi) is 3.06. The molecule has 76 valence electrons. The van der Waals surface area contributed by atoms with Crippen LogP contribution in [0.5, 0.6) is 5.75 Å². The molecule has 1 rings (SSSR count). The molecule has 1 aromatic rings. The van der Waals surface area contributed by atoms with E-state index in [1.54, 1.807) is 0 Å². The monoisotopic (exact) mass is 220 g/mol. The summed E-state index contributed by atoms with van der Waals surface area (Å²) in [6.07, 6.45) is -2.72. The van der Waals surface area contributed by atoms with Gasteiger partial charge in [0.05, 0.1) is 10.6 Å². The number of hydrogen-bond acceptors (Lipinski definition) is 2. The van der Waals surface area contributed by atoms with Crippen LogP contribution in [-0.4, -0.2) is 10.9 Å². The first-order chi connectivity index (χ1) is 6.43. The fourth-order valence-corrected chi connectivity index (χ4v) is 1.24. The summed E-state index contributed by atoms with van der Waals surface area (Å²) < 4.78 is 24.5. The number of halogens is 3. The van der Waals surface area contributed by atoms with Crippen LogP contribution in [0.15, 0.2) is 12.1 Å². The number of carbonyl (C=O) groups excluding carboxylic acids is 1. The van der Waals surface area contributed by atoms with Crippen molar-refractivity contribution in [1.29, 1.82) is 0 Å². The van der Waals surface area contributed by atoms with Crippen molar-refractivity contribution in [3.63, 3.8) is 0 Å². The molecule has 0 fully saturated rings. The molecule has 0 unspecified atom stereocenters. The maximum atomic E-state index is 12.3. The van der Waals surface area contributed by atoms with E-state index in [2.05, 4.69) is 0 Å². The molecule has 1 aromatic carbocycles. The summed E-state index contributed by atoms with van der Waals surface area (Å²) in [5.74, 6) is -0.963. The van der Waals surface area contributed by atoms with Crippen molar-refractivity contribution in [2.45, 2.75) is 13.3 Å². The van der Waals surface area contributed by atoms with Crippen LogP contribution in [0.2, 0.25) is 5.02 Å². The van der Waals surface area contributed by atoms with E-state index < -0.39 is 18.0 Å². The number of alkyl halides is 2. The zero-order chi connectivity index (χ0) is 10.9. The summed E-state index contributed by atoms with van der Waals surface area (Å²) >= 11 is 5.47. The van der Waals surface area contributed by atoms with Gasteiger partial charge in [-0.2, -0.15) is 0 Å². The number of Topliss-reactive ketones (excluding diaryl/α,β-unsaturated/α-hetero) is 1. The molecule has 0 spiro atoms. The second-order valence-corrected chi connectivity index (χ2v) is 3.16. The van der Waals surface area contributed by atoms with Crippen molar-refractivity contribution in [2.75, 3.05) is 0 Å². The predicted molar refractivity (Wildman–Crippen MR) is 48.1 cm³/mol. The molecule has 2 nitrogen and oxygen atoms in total. The Morgan fingerprint density at radius 3 is 2.50 bits per heavy atom. The van der Waals surface area contributed by atoms with Gasteiger partial charge in [-0.15, -0.1) is 0 Å². The number of phenolic OH excluding ortho intramolecular Hbond substituents is 1. The third-order valence-electron chi connectivity index (χ3n) is 1.72. The van der Waals surface area contributed by atoms with Crippen LogP contribution in [0.4, 0.5) is 8.78 Å². The zero-order valence-electron chi connectivity index (χ0n) is 7.22. The largest absolute Gasteiger partial charge is 0.506 e. The lowest BCUT2D eigenvalue weighted by atomic mass is 10.1. The van der Waals surface area contributed by atoms with Gasteiger partial charge in [-0.05, 0) is 19.1 Å². The molecule has 0 aliphatic rings. The summed E-state index contributed by atoms with van der Waals surface area (Å²) in [6.45, 7) is 1.17.